The molecule has 2 N–H and O–H groups in total. The highest BCUT2D eigenvalue weighted by molar-refractivity contribution is 5.75. The number of rotatable bonds is 5. The van der Waals surface area contributed by atoms with Crippen LogP contribution >= 0.6 is 0 Å². The van der Waals surface area contributed by atoms with Gasteiger partial charge in [0.2, 0.25) is 0 Å². The Bertz CT molecular complexity index is 792. The van der Waals surface area contributed by atoms with Crippen LogP contribution in [0.1, 0.15) is 69.2 Å². The van der Waals surface area contributed by atoms with E-state index < -0.39 is 18.2 Å². The maximum absolute atomic E-state index is 12.6. The van der Waals surface area contributed by atoms with E-state index in [1.165, 1.54) is 0 Å². The van der Waals surface area contributed by atoms with E-state index in [-0.39, 0.29) is 11.8 Å². The van der Waals surface area contributed by atoms with Gasteiger partial charge in [-0.05, 0) is 35.4 Å². The maximum atomic E-state index is 12.6. The van der Waals surface area contributed by atoms with Crippen molar-refractivity contribution >= 4 is 12.2 Å². The summed E-state index contributed by atoms with van der Waals surface area (Å²) in [6.45, 7) is 9.78. The second-order valence-corrected chi connectivity index (χ2v) is 7.32. The Labute approximate surface area is 166 Å². The minimum absolute atomic E-state index is 0.153. The van der Waals surface area contributed by atoms with Gasteiger partial charge in [0.05, 0.1) is 6.04 Å². The first-order chi connectivity index (χ1) is 13.2. The fourth-order valence-electron chi connectivity index (χ4n) is 3.01. The lowest BCUT2D eigenvalue weighted by atomic mass is 9.94. The molecule has 2 rings (SSSR count). The SMILES string of the molecule is CC(C)c1cccc(C(C)C)c1OC(=O)NN(C(=O)O)C(C)c1ccccc1. The Balaban J connectivity index is 2.26. The smallest absolute Gasteiger partial charge is 0.431 e. The van der Waals surface area contributed by atoms with E-state index >= 15 is 0 Å². The lowest BCUT2D eigenvalue weighted by Gasteiger charge is -2.27. The highest BCUT2D eigenvalue weighted by atomic mass is 16.6. The van der Waals surface area contributed by atoms with Crippen molar-refractivity contribution in [3.05, 3.63) is 65.2 Å². The van der Waals surface area contributed by atoms with Crippen LogP contribution in [-0.2, 0) is 0 Å². The number of hydrazine groups is 1. The van der Waals surface area contributed by atoms with Gasteiger partial charge in [-0.15, -0.1) is 0 Å². The van der Waals surface area contributed by atoms with Gasteiger partial charge in [-0.3, -0.25) is 0 Å². The molecule has 0 heterocycles. The third kappa shape index (κ3) is 5.03. The van der Waals surface area contributed by atoms with Gasteiger partial charge in [0.25, 0.3) is 0 Å². The molecule has 0 spiro atoms. The minimum Gasteiger partial charge on any atom is -0.464 e. The van der Waals surface area contributed by atoms with Crippen molar-refractivity contribution in [1.29, 1.82) is 0 Å². The van der Waals surface area contributed by atoms with E-state index in [4.69, 9.17) is 4.74 Å². The Morgan fingerprint density at radius 2 is 1.43 bits per heavy atom. The van der Waals surface area contributed by atoms with Crippen LogP contribution in [0.2, 0.25) is 0 Å². The molecule has 1 atom stereocenters. The Morgan fingerprint density at radius 3 is 1.89 bits per heavy atom. The Hall–Kier alpha value is -3.02. The first-order valence-electron chi connectivity index (χ1n) is 9.40. The molecule has 28 heavy (non-hydrogen) atoms. The minimum atomic E-state index is -1.27. The summed E-state index contributed by atoms with van der Waals surface area (Å²) in [5.74, 6) is 0.795. The van der Waals surface area contributed by atoms with Gasteiger partial charge >= 0.3 is 12.2 Å². The van der Waals surface area contributed by atoms with Crippen molar-refractivity contribution in [1.82, 2.24) is 10.4 Å². The summed E-state index contributed by atoms with van der Waals surface area (Å²) in [6.07, 6.45) is -2.10. The summed E-state index contributed by atoms with van der Waals surface area (Å²) in [5, 5.41) is 10.4. The van der Waals surface area contributed by atoms with E-state index in [1.54, 1.807) is 19.1 Å². The monoisotopic (exact) mass is 384 g/mol. The van der Waals surface area contributed by atoms with Gasteiger partial charge < -0.3 is 9.84 Å². The van der Waals surface area contributed by atoms with Crippen molar-refractivity contribution in [3.63, 3.8) is 0 Å². The number of amides is 2. The van der Waals surface area contributed by atoms with Crippen molar-refractivity contribution in [3.8, 4) is 5.75 Å². The van der Waals surface area contributed by atoms with Crippen LogP contribution < -0.4 is 10.2 Å². The Kier molecular flexibility index (Phi) is 7.04. The quantitative estimate of drug-likeness (QED) is 0.650. The summed E-state index contributed by atoms with van der Waals surface area (Å²) < 4.78 is 5.61. The topological polar surface area (TPSA) is 78.9 Å². The molecule has 2 aromatic rings. The number of para-hydroxylation sites is 1. The third-order valence-electron chi connectivity index (χ3n) is 4.60. The molecule has 0 radical (unpaired) electrons. The Morgan fingerprint density at radius 1 is 0.893 bits per heavy atom. The molecule has 1 unspecified atom stereocenters. The van der Waals surface area contributed by atoms with Crippen LogP contribution in [0.15, 0.2) is 48.5 Å². The molecule has 0 bridgehead atoms. The van der Waals surface area contributed by atoms with Crippen LogP contribution in [0, 0.1) is 0 Å². The highest BCUT2D eigenvalue weighted by Gasteiger charge is 2.25. The van der Waals surface area contributed by atoms with Crippen LogP contribution in [0.4, 0.5) is 9.59 Å². The fraction of sp³-hybridized carbons (Fsp3) is 0.364. The zero-order chi connectivity index (χ0) is 20.8. The van der Waals surface area contributed by atoms with Crippen LogP contribution in [0.5, 0.6) is 5.75 Å². The number of hydrogen-bond donors (Lipinski definition) is 2. The fourth-order valence-corrected chi connectivity index (χ4v) is 3.01. The zero-order valence-corrected chi connectivity index (χ0v) is 17.0. The predicted octanol–water partition coefficient (Wildman–Crippen LogP) is 5.68. The molecule has 2 aromatic carbocycles. The molecule has 0 fully saturated rings. The lowest BCUT2D eigenvalue weighted by Crippen LogP contribution is -2.48. The van der Waals surface area contributed by atoms with Gasteiger partial charge in [0.1, 0.15) is 5.75 Å². The average molecular weight is 384 g/mol. The second-order valence-electron chi connectivity index (χ2n) is 7.32. The number of carbonyl (C=O) groups excluding carboxylic acids is 1. The van der Waals surface area contributed by atoms with Crippen molar-refractivity contribution in [2.45, 2.75) is 52.5 Å². The van der Waals surface area contributed by atoms with Gasteiger partial charge in [0.15, 0.2) is 0 Å². The summed E-state index contributed by atoms with van der Waals surface area (Å²) >= 11 is 0. The number of benzene rings is 2. The van der Waals surface area contributed by atoms with Crippen molar-refractivity contribution in [2.75, 3.05) is 0 Å². The molecular formula is C22H28N2O4. The molecule has 0 saturated carbocycles. The molecule has 150 valence electrons. The van der Waals surface area contributed by atoms with Crippen LogP contribution in [0.3, 0.4) is 0 Å². The van der Waals surface area contributed by atoms with Crippen molar-refractivity contribution in [2.24, 2.45) is 0 Å². The first-order valence-corrected chi connectivity index (χ1v) is 9.40. The molecule has 0 aromatic heterocycles. The third-order valence-corrected chi connectivity index (χ3v) is 4.60. The number of hydrogen-bond acceptors (Lipinski definition) is 3. The lowest BCUT2D eigenvalue weighted by molar-refractivity contribution is 0.0923. The number of carboxylic acid groups (broad SMARTS) is 1. The molecule has 6 nitrogen and oxygen atoms in total. The predicted molar refractivity (Wildman–Crippen MR) is 109 cm³/mol. The number of nitrogens with one attached hydrogen (secondary N) is 1. The average Bonchev–Trinajstić information content (AvgIpc) is 2.65. The second kappa shape index (κ2) is 9.26. The maximum Gasteiger partial charge on any atom is 0.431 e. The standard InChI is InChI=1S/C22H28N2O4/c1-14(2)18-12-9-13-19(15(3)4)20(18)28-21(25)23-24(22(26)27)16(5)17-10-7-6-8-11-17/h6-16H,1-5H3,(H,23,25)(H,26,27). The van der Waals surface area contributed by atoms with Crippen LogP contribution in [-0.4, -0.2) is 22.3 Å². The number of ether oxygens (including phenoxy) is 1. The molecule has 0 aliphatic heterocycles. The molecule has 2 amide bonds. The number of nitrogens with zero attached hydrogens (tertiary/aromatic N) is 1. The molecule has 6 heteroatoms. The normalized spacial score (nSPS) is 12.0. The van der Waals surface area contributed by atoms with Gasteiger partial charge in [0, 0.05) is 0 Å². The molecule has 0 saturated heterocycles. The molecule has 0 aliphatic carbocycles. The summed E-state index contributed by atoms with van der Waals surface area (Å²) in [6, 6.07) is 14.3. The summed E-state index contributed by atoms with van der Waals surface area (Å²) in [4.78, 5) is 24.3. The van der Waals surface area contributed by atoms with E-state index in [0.29, 0.717) is 5.75 Å². The van der Waals surface area contributed by atoms with E-state index in [9.17, 15) is 14.7 Å². The van der Waals surface area contributed by atoms with Gasteiger partial charge in [-0.1, -0.05) is 76.2 Å². The number of carbonyl (C=O) groups is 2. The van der Waals surface area contributed by atoms with Gasteiger partial charge in [-0.2, -0.15) is 0 Å². The van der Waals surface area contributed by atoms with E-state index in [0.717, 1.165) is 21.7 Å². The molecule has 0 aliphatic rings. The van der Waals surface area contributed by atoms with Crippen molar-refractivity contribution < 1.29 is 19.4 Å². The first kappa shape index (κ1) is 21.3. The zero-order valence-electron chi connectivity index (χ0n) is 17.0. The summed E-state index contributed by atoms with van der Waals surface area (Å²) in [7, 11) is 0. The highest BCUT2D eigenvalue weighted by Crippen LogP contribution is 2.34. The van der Waals surface area contributed by atoms with Crippen LogP contribution in [0.25, 0.3) is 0 Å². The van der Waals surface area contributed by atoms with Gasteiger partial charge in [-0.25, -0.2) is 20.0 Å². The largest absolute Gasteiger partial charge is 0.464 e. The molecular weight excluding hydrogens is 356 g/mol. The van der Waals surface area contributed by atoms with E-state index in [2.05, 4.69) is 5.43 Å². The van der Waals surface area contributed by atoms with E-state index in [1.807, 2.05) is 64.1 Å². The summed E-state index contributed by atoms with van der Waals surface area (Å²) in [5.41, 5.74) is 4.93.